The molecule has 2 unspecified atom stereocenters. The molecule has 82 valence electrons. The van der Waals surface area contributed by atoms with Gasteiger partial charge in [0.15, 0.2) is 0 Å². The molecule has 1 saturated carbocycles. The first kappa shape index (κ1) is 10.4. The highest BCUT2D eigenvalue weighted by Gasteiger charge is 2.29. The van der Waals surface area contributed by atoms with Crippen LogP contribution in [-0.4, -0.2) is 15.6 Å². The lowest BCUT2D eigenvalue weighted by Gasteiger charge is -2.12. The second-order valence-corrected chi connectivity index (χ2v) is 4.64. The molecule has 3 heteroatoms. The minimum absolute atomic E-state index is 0.284. The zero-order chi connectivity index (χ0) is 10.8. The summed E-state index contributed by atoms with van der Waals surface area (Å²) in [4.78, 5) is 12.0. The van der Waals surface area contributed by atoms with Crippen molar-refractivity contribution in [1.82, 2.24) is 9.78 Å². The monoisotopic (exact) mass is 206 g/mol. The molecular formula is C12H18N2O. The van der Waals surface area contributed by atoms with Gasteiger partial charge in [0.25, 0.3) is 0 Å². The number of aryl methyl sites for hydroxylation is 1. The van der Waals surface area contributed by atoms with E-state index in [0.717, 1.165) is 12.1 Å². The number of nitrogens with zero attached hydrogens (tertiary/aromatic N) is 2. The third kappa shape index (κ3) is 2.28. The highest BCUT2D eigenvalue weighted by Crippen LogP contribution is 2.32. The van der Waals surface area contributed by atoms with Crippen molar-refractivity contribution in [3.8, 4) is 0 Å². The summed E-state index contributed by atoms with van der Waals surface area (Å²) in [6.45, 7) is 2.19. The van der Waals surface area contributed by atoms with Crippen molar-refractivity contribution in [1.29, 1.82) is 0 Å². The van der Waals surface area contributed by atoms with Gasteiger partial charge in [0.1, 0.15) is 5.78 Å². The fraction of sp³-hybridized carbons (Fsp3) is 0.667. The zero-order valence-electron chi connectivity index (χ0n) is 9.44. The number of carbonyl (C=O) groups excluding carboxylic acids is 1. The highest BCUT2D eigenvalue weighted by molar-refractivity contribution is 5.83. The van der Waals surface area contributed by atoms with Crippen LogP contribution in [0.25, 0.3) is 0 Å². The number of ketones is 1. The van der Waals surface area contributed by atoms with Crippen molar-refractivity contribution in [2.75, 3.05) is 0 Å². The van der Waals surface area contributed by atoms with E-state index in [1.807, 2.05) is 19.3 Å². The molecule has 1 aliphatic rings. The molecule has 2 atom stereocenters. The van der Waals surface area contributed by atoms with Crippen LogP contribution in [-0.2, 0) is 18.3 Å². The maximum atomic E-state index is 12.0. The van der Waals surface area contributed by atoms with E-state index >= 15 is 0 Å². The van der Waals surface area contributed by atoms with E-state index in [-0.39, 0.29) is 5.92 Å². The highest BCUT2D eigenvalue weighted by atomic mass is 16.1. The second-order valence-electron chi connectivity index (χ2n) is 4.64. The molecule has 0 spiro atoms. The van der Waals surface area contributed by atoms with E-state index in [2.05, 4.69) is 12.0 Å². The van der Waals surface area contributed by atoms with E-state index in [4.69, 9.17) is 0 Å². The summed E-state index contributed by atoms with van der Waals surface area (Å²) in [7, 11) is 1.88. The Morgan fingerprint density at radius 3 is 2.93 bits per heavy atom. The number of hydrogen-bond acceptors (Lipinski definition) is 2. The van der Waals surface area contributed by atoms with Gasteiger partial charge in [0.05, 0.1) is 12.1 Å². The molecule has 0 aliphatic heterocycles. The Labute approximate surface area is 90.5 Å². The second kappa shape index (κ2) is 4.17. The molecule has 0 aromatic carbocycles. The van der Waals surface area contributed by atoms with Gasteiger partial charge in [0, 0.05) is 19.2 Å². The third-order valence-electron chi connectivity index (χ3n) is 3.40. The molecule has 15 heavy (non-hydrogen) atoms. The molecule has 3 nitrogen and oxygen atoms in total. The molecule has 0 radical (unpaired) electrons. The van der Waals surface area contributed by atoms with Gasteiger partial charge in [-0.2, -0.15) is 5.10 Å². The Morgan fingerprint density at radius 1 is 1.60 bits per heavy atom. The Morgan fingerprint density at radius 2 is 2.40 bits per heavy atom. The fourth-order valence-corrected chi connectivity index (χ4v) is 2.49. The van der Waals surface area contributed by atoms with Crippen LogP contribution in [0.5, 0.6) is 0 Å². The summed E-state index contributed by atoms with van der Waals surface area (Å²) in [5.74, 6) is 1.23. The Balaban J connectivity index is 1.97. The largest absolute Gasteiger partial charge is 0.299 e. The van der Waals surface area contributed by atoms with Crippen LogP contribution in [0.2, 0.25) is 0 Å². The number of hydrogen-bond donors (Lipinski definition) is 0. The first-order valence-corrected chi connectivity index (χ1v) is 5.68. The van der Waals surface area contributed by atoms with Crippen molar-refractivity contribution in [3.05, 3.63) is 18.0 Å². The van der Waals surface area contributed by atoms with Gasteiger partial charge in [0.2, 0.25) is 0 Å². The first-order valence-electron chi connectivity index (χ1n) is 5.68. The molecule has 2 rings (SSSR count). The summed E-state index contributed by atoms with van der Waals surface area (Å²) in [5, 5.41) is 4.24. The number of aromatic nitrogens is 2. The van der Waals surface area contributed by atoms with Crippen molar-refractivity contribution in [2.45, 2.75) is 32.6 Å². The van der Waals surface area contributed by atoms with Gasteiger partial charge in [-0.3, -0.25) is 9.48 Å². The van der Waals surface area contributed by atoms with E-state index in [1.54, 1.807) is 4.68 Å². The molecule has 0 bridgehead atoms. The van der Waals surface area contributed by atoms with Gasteiger partial charge in [-0.15, -0.1) is 0 Å². The molecule has 1 fully saturated rings. The van der Waals surface area contributed by atoms with Gasteiger partial charge in [-0.05, 0) is 24.8 Å². The van der Waals surface area contributed by atoms with Gasteiger partial charge in [-0.1, -0.05) is 13.3 Å². The topological polar surface area (TPSA) is 34.9 Å². The average molecular weight is 206 g/mol. The van der Waals surface area contributed by atoms with Crippen molar-refractivity contribution in [2.24, 2.45) is 18.9 Å². The lowest BCUT2D eigenvalue weighted by atomic mass is 9.91. The molecular weight excluding hydrogens is 188 g/mol. The predicted octanol–water partition coefficient (Wildman–Crippen LogP) is 1.97. The summed E-state index contributed by atoms with van der Waals surface area (Å²) < 4.78 is 1.75. The molecule has 1 aromatic heterocycles. The van der Waals surface area contributed by atoms with E-state index in [9.17, 15) is 4.79 Å². The molecule has 1 aromatic rings. The maximum Gasteiger partial charge on any atom is 0.142 e. The summed E-state index contributed by atoms with van der Waals surface area (Å²) in [6, 6.07) is 1.93. The molecule has 1 heterocycles. The van der Waals surface area contributed by atoms with Crippen molar-refractivity contribution >= 4 is 5.78 Å². The van der Waals surface area contributed by atoms with Crippen molar-refractivity contribution < 1.29 is 4.79 Å². The minimum atomic E-state index is 0.284. The Kier molecular flexibility index (Phi) is 2.89. The van der Waals surface area contributed by atoms with Gasteiger partial charge in [-0.25, -0.2) is 0 Å². The van der Waals surface area contributed by atoms with Crippen molar-refractivity contribution in [3.63, 3.8) is 0 Å². The Hall–Kier alpha value is -1.12. The molecule has 0 N–H and O–H groups in total. The minimum Gasteiger partial charge on any atom is -0.299 e. The van der Waals surface area contributed by atoms with Crippen LogP contribution < -0.4 is 0 Å². The molecule has 1 aliphatic carbocycles. The summed E-state index contributed by atoms with van der Waals surface area (Å²) in [5.41, 5.74) is 0.904. The summed E-state index contributed by atoms with van der Waals surface area (Å²) in [6.07, 6.45) is 5.89. The lowest BCUT2D eigenvalue weighted by molar-refractivity contribution is -0.123. The quantitative estimate of drug-likeness (QED) is 0.757. The molecule has 0 amide bonds. The van der Waals surface area contributed by atoms with E-state index < -0.39 is 0 Å². The average Bonchev–Trinajstić information content (AvgIpc) is 2.75. The SMILES string of the molecule is CC1CCCC1C(=O)Cc1ccn(C)n1. The summed E-state index contributed by atoms with van der Waals surface area (Å²) >= 11 is 0. The smallest absolute Gasteiger partial charge is 0.142 e. The number of Topliss-reactive ketones (excluding diaryl/α,β-unsaturated/α-hetero) is 1. The first-order chi connectivity index (χ1) is 7.16. The third-order valence-corrected chi connectivity index (χ3v) is 3.40. The Bertz CT molecular complexity index is 356. The van der Waals surface area contributed by atoms with E-state index in [1.165, 1.54) is 12.8 Å². The maximum absolute atomic E-state index is 12.0. The number of rotatable bonds is 3. The normalized spacial score (nSPS) is 25.7. The van der Waals surface area contributed by atoms with Crippen LogP contribution >= 0.6 is 0 Å². The van der Waals surface area contributed by atoms with Gasteiger partial charge < -0.3 is 0 Å². The van der Waals surface area contributed by atoms with E-state index in [0.29, 0.717) is 18.1 Å². The predicted molar refractivity (Wildman–Crippen MR) is 58.4 cm³/mol. The zero-order valence-corrected chi connectivity index (χ0v) is 9.44. The van der Waals surface area contributed by atoms with Crippen LogP contribution in [0, 0.1) is 11.8 Å². The molecule has 0 saturated heterocycles. The fourth-order valence-electron chi connectivity index (χ4n) is 2.49. The number of carbonyl (C=O) groups is 1. The van der Waals surface area contributed by atoms with Gasteiger partial charge >= 0.3 is 0 Å². The van der Waals surface area contributed by atoms with Crippen LogP contribution in [0.3, 0.4) is 0 Å². The lowest BCUT2D eigenvalue weighted by Crippen LogP contribution is -2.19. The van der Waals surface area contributed by atoms with Crippen LogP contribution in [0.15, 0.2) is 12.3 Å². The standard InChI is InChI=1S/C12H18N2O/c1-9-4-3-5-11(9)12(15)8-10-6-7-14(2)13-10/h6-7,9,11H,3-5,8H2,1-2H3. The van der Waals surface area contributed by atoms with Crippen LogP contribution in [0.4, 0.5) is 0 Å². The van der Waals surface area contributed by atoms with Crippen LogP contribution in [0.1, 0.15) is 31.9 Å².